The second-order valence-electron chi connectivity index (χ2n) is 5.58. The van der Waals surface area contributed by atoms with Crippen LogP contribution in [0.25, 0.3) is 0 Å². The summed E-state index contributed by atoms with van der Waals surface area (Å²) in [5.41, 5.74) is -0.258. The molecule has 4 aliphatic heterocycles. The predicted molar refractivity (Wildman–Crippen MR) is 62.4 cm³/mol. The van der Waals surface area contributed by atoms with Gasteiger partial charge in [0.2, 0.25) is 5.89 Å². The second kappa shape index (κ2) is 4.01. The van der Waals surface area contributed by atoms with Crippen molar-refractivity contribution >= 4 is 11.9 Å². The molecule has 4 saturated heterocycles. The first kappa shape index (κ1) is 12.7. The Morgan fingerprint density at radius 3 is 2.52 bits per heavy atom. The summed E-state index contributed by atoms with van der Waals surface area (Å²) in [4.78, 5) is 28.7. The van der Waals surface area contributed by atoms with Crippen LogP contribution in [0.2, 0.25) is 0 Å². The van der Waals surface area contributed by atoms with Gasteiger partial charge in [-0.2, -0.15) is 4.98 Å². The Bertz CT molecular complexity index is 599. The molecule has 2 bridgehead atoms. The van der Waals surface area contributed by atoms with E-state index in [4.69, 9.17) is 18.7 Å². The van der Waals surface area contributed by atoms with E-state index >= 15 is 0 Å². The van der Waals surface area contributed by atoms with Gasteiger partial charge in [0.15, 0.2) is 5.82 Å². The molecule has 0 N–H and O–H groups in total. The Kier molecular flexibility index (Phi) is 2.43. The minimum absolute atomic E-state index is 0.258. The lowest BCUT2D eigenvalue weighted by molar-refractivity contribution is -0.310. The topological polar surface area (TPSA) is 104 Å². The molecule has 0 saturated carbocycles. The standard InChI is InChI=1S/C12H13N3O6/c1-18-4-7-13-10(21-14-7)11-2-3-12(15(5-11)6-11)19-8(16)9(17)20-12/h2-6H2,1H3. The quantitative estimate of drug-likeness (QED) is 0.529. The van der Waals surface area contributed by atoms with E-state index in [-0.39, 0.29) is 5.41 Å². The van der Waals surface area contributed by atoms with Crippen LogP contribution in [0.4, 0.5) is 0 Å². The predicted octanol–water partition coefficient (Wildman–Crippen LogP) is -0.683. The summed E-state index contributed by atoms with van der Waals surface area (Å²) in [6.07, 6.45) is 1.03. The van der Waals surface area contributed by atoms with E-state index in [0.717, 1.165) is 0 Å². The van der Waals surface area contributed by atoms with E-state index in [9.17, 15) is 9.59 Å². The molecule has 1 aromatic rings. The lowest BCUT2D eigenvalue weighted by Crippen LogP contribution is -2.72. The Labute approximate surface area is 119 Å². The maximum Gasteiger partial charge on any atom is 0.421 e. The van der Waals surface area contributed by atoms with Gasteiger partial charge >= 0.3 is 17.8 Å². The molecule has 9 heteroatoms. The zero-order valence-electron chi connectivity index (χ0n) is 11.3. The van der Waals surface area contributed by atoms with Crippen molar-refractivity contribution in [3.8, 4) is 0 Å². The number of methoxy groups -OCH3 is 1. The van der Waals surface area contributed by atoms with Gasteiger partial charge in [-0.25, -0.2) is 14.5 Å². The van der Waals surface area contributed by atoms with Crippen LogP contribution in [-0.2, 0) is 35.8 Å². The van der Waals surface area contributed by atoms with Crippen LogP contribution in [-0.4, -0.2) is 53.1 Å². The smallest absolute Gasteiger partial charge is 0.400 e. The molecule has 4 fully saturated rings. The fraction of sp³-hybridized carbons (Fsp3) is 0.667. The summed E-state index contributed by atoms with van der Waals surface area (Å²) in [6, 6.07) is 0. The van der Waals surface area contributed by atoms with Crippen molar-refractivity contribution in [3.05, 3.63) is 11.7 Å². The number of fused-ring (bicyclic) bond motifs is 1. The van der Waals surface area contributed by atoms with Crippen LogP contribution in [0, 0.1) is 0 Å². The van der Waals surface area contributed by atoms with Crippen LogP contribution in [0.5, 0.6) is 0 Å². The molecular formula is C12H13N3O6. The Morgan fingerprint density at radius 2 is 1.95 bits per heavy atom. The van der Waals surface area contributed by atoms with Gasteiger partial charge in [-0.1, -0.05) is 5.16 Å². The van der Waals surface area contributed by atoms with Crippen LogP contribution < -0.4 is 0 Å². The molecule has 21 heavy (non-hydrogen) atoms. The normalized spacial score (nSPS) is 32.7. The summed E-state index contributed by atoms with van der Waals surface area (Å²) >= 11 is 0. The van der Waals surface area contributed by atoms with Crippen molar-refractivity contribution in [3.63, 3.8) is 0 Å². The number of hydrogen-bond acceptors (Lipinski definition) is 9. The monoisotopic (exact) mass is 295 g/mol. The Hall–Kier alpha value is -2.00. The minimum atomic E-state index is -1.23. The van der Waals surface area contributed by atoms with Gasteiger partial charge in [-0.05, 0) is 6.42 Å². The molecule has 4 aliphatic rings. The largest absolute Gasteiger partial charge is 0.421 e. The van der Waals surface area contributed by atoms with Gasteiger partial charge in [-0.15, -0.1) is 0 Å². The number of aromatic nitrogens is 2. The third-order valence-electron chi connectivity index (χ3n) is 4.25. The highest BCUT2D eigenvalue weighted by Gasteiger charge is 2.67. The highest BCUT2D eigenvalue weighted by atomic mass is 16.8. The van der Waals surface area contributed by atoms with Crippen molar-refractivity contribution < 1.29 is 28.3 Å². The zero-order valence-corrected chi connectivity index (χ0v) is 11.3. The molecule has 0 amide bonds. The molecular weight excluding hydrogens is 282 g/mol. The first-order valence-electron chi connectivity index (χ1n) is 6.60. The van der Waals surface area contributed by atoms with Crippen molar-refractivity contribution in [2.24, 2.45) is 0 Å². The van der Waals surface area contributed by atoms with E-state index in [1.165, 1.54) is 0 Å². The maximum atomic E-state index is 11.3. The Balaban J connectivity index is 1.53. The highest BCUT2D eigenvalue weighted by Crippen LogP contribution is 2.51. The molecule has 5 heterocycles. The summed E-state index contributed by atoms with van der Waals surface area (Å²) in [5.74, 6) is -2.05. The molecule has 112 valence electrons. The van der Waals surface area contributed by atoms with Gasteiger partial charge in [-0.3, -0.25) is 0 Å². The fourth-order valence-corrected chi connectivity index (χ4v) is 3.16. The first-order chi connectivity index (χ1) is 10.1. The van der Waals surface area contributed by atoms with Crippen LogP contribution in [0.1, 0.15) is 24.6 Å². The van der Waals surface area contributed by atoms with Crippen molar-refractivity contribution in [1.82, 2.24) is 15.0 Å². The maximum absolute atomic E-state index is 11.3. The minimum Gasteiger partial charge on any atom is -0.400 e. The summed E-state index contributed by atoms with van der Waals surface area (Å²) in [6.45, 7) is 1.38. The molecule has 0 radical (unpaired) electrons. The van der Waals surface area contributed by atoms with Crippen LogP contribution in [0.3, 0.4) is 0 Å². The van der Waals surface area contributed by atoms with E-state index in [0.29, 0.717) is 44.3 Å². The fourth-order valence-electron chi connectivity index (χ4n) is 3.16. The second-order valence-corrected chi connectivity index (χ2v) is 5.58. The molecule has 1 aromatic heterocycles. The van der Waals surface area contributed by atoms with Gasteiger partial charge in [0.05, 0.1) is 5.41 Å². The zero-order chi connectivity index (χ0) is 14.7. The number of nitrogens with zero attached hydrogens (tertiary/aromatic N) is 3. The molecule has 9 nitrogen and oxygen atoms in total. The molecule has 0 aliphatic carbocycles. The molecule has 0 unspecified atom stereocenters. The number of hydrogen-bond donors (Lipinski definition) is 0. The average molecular weight is 295 g/mol. The molecule has 0 aromatic carbocycles. The molecule has 0 atom stereocenters. The summed E-state index contributed by atoms with van der Waals surface area (Å²) in [7, 11) is 1.56. The first-order valence-corrected chi connectivity index (χ1v) is 6.60. The van der Waals surface area contributed by atoms with Gasteiger partial charge < -0.3 is 18.7 Å². The van der Waals surface area contributed by atoms with Crippen molar-refractivity contribution in [2.45, 2.75) is 30.8 Å². The number of ether oxygens (including phenoxy) is 3. The van der Waals surface area contributed by atoms with E-state index in [1.807, 2.05) is 0 Å². The number of piperidine rings is 2. The third-order valence-corrected chi connectivity index (χ3v) is 4.25. The van der Waals surface area contributed by atoms with Gasteiger partial charge in [0.25, 0.3) is 0 Å². The third kappa shape index (κ3) is 1.64. The van der Waals surface area contributed by atoms with Crippen molar-refractivity contribution in [2.75, 3.05) is 20.2 Å². The number of rotatable bonds is 3. The van der Waals surface area contributed by atoms with Crippen molar-refractivity contribution in [1.29, 1.82) is 0 Å². The summed E-state index contributed by atoms with van der Waals surface area (Å²) < 4.78 is 20.5. The van der Waals surface area contributed by atoms with Gasteiger partial charge in [0, 0.05) is 26.6 Å². The van der Waals surface area contributed by atoms with Gasteiger partial charge in [0.1, 0.15) is 6.61 Å². The van der Waals surface area contributed by atoms with Crippen LogP contribution >= 0.6 is 0 Å². The van der Waals surface area contributed by atoms with E-state index < -0.39 is 17.8 Å². The number of carbonyl (C=O) groups is 2. The molecule has 5 rings (SSSR count). The number of carbonyl (C=O) groups excluding carboxylic acids is 2. The summed E-state index contributed by atoms with van der Waals surface area (Å²) in [5, 5.41) is 3.86. The van der Waals surface area contributed by atoms with E-state index in [1.54, 1.807) is 12.0 Å². The Morgan fingerprint density at radius 1 is 1.24 bits per heavy atom. The lowest BCUT2D eigenvalue weighted by Gasteiger charge is -2.57. The number of esters is 2. The molecule has 1 spiro atoms. The van der Waals surface area contributed by atoms with Crippen LogP contribution in [0.15, 0.2) is 4.52 Å². The SMILES string of the molecule is COCc1noc(C23CCC4(OC(=O)C(=O)O4)N(C2)C3)n1. The lowest BCUT2D eigenvalue weighted by atomic mass is 9.70. The average Bonchev–Trinajstić information content (AvgIpc) is 2.96. The highest BCUT2D eigenvalue weighted by molar-refractivity contribution is 6.31. The van der Waals surface area contributed by atoms with E-state index in [2.05, 4.69) is 10.1 Å².